The molecule has 0 atom stereocenters. The molecule has 0 aromatic heterocycles. The number of Topliss-reactive ketones (excluding diaryl/α,β-unsaturated/α-hetero) is 1. The van der Waals surface area contributed by atoms with Gasteiger partial charge >= 0.3 is 5.71 Å². The van der Waals surface area contributed by atoms with Crippen LogP contribution in [0.1, 0.15) is 32.1 Å². The van der Waals surface area contributed by atoms with Crippen molar-refractivity contribution in [2.75, 3.05) is 0 Å². The second-order valence-corrected chi connectivity index (χ2v) is 2.53. The van der Waals surface area contributed by atoms with E-state index in [1.54, 1.807) is 0 Å². The molecule has 0 bridgehead atoms. The summed E-state index contributed by atoms with van der Waals surface area (Å²) in [5, 5.41) is 0. The Morgan fingerprint density at radius 1 is 1.20 bits per heavy atom. The second-order valence-electron chi connectivity index (χ2n) is 2.53. The first-order valence-corrected chi connectivity index (χ1v) is 3.58. The first-order chi connectivity index (χ1) is 4.84. The van der Waals surface area contributed by atoms with Crippen LogP contribution in [0.15, 0.2) is 0 Å². The SMILES string of the molecule is [N-]=[N+]=C1CCCCCC1=O. The third-order valence-electron chi connectivity index (χ3n) is 1.76. The van der Waals surface area contributed by atoms with Crippen molar-refractivity contribution in [3.63, 3.8) is 0 Å². The van der Waals surface area contributed by atoms with Gasteiger partial charge in [0.2, 0.25) is 5.78 Å². The largest absolute Gasteiger partial charge is 0.361 e. The summed E-state index contributed by atoms with van der Waals surface area (Å²) >= 11 is 0. The summed E-state index contributed by atoms with van der Waals surface area (Å²) in [6.07, 6.45) is 4.20. The summed E-state index contributed by atoms with van der Waals surface area (Å²) in [6, 6.07) is 0. The average Bonchev–Trinajstić information content (AvgIpc) is 2.13. The van der Waals surface area contributed by atoms with Crippen molar-refractivity contribution in [3.8, 4) is 0 Å². The third-order valence-corrected chi connectivity index (χ3v) is 1.76. The van der Waals surface area contributed by atoms with Crippen molar-refractivity contribution >= 4 is 11.5 Å². The number of ketones is 1. The van der Waals surface area contributed by atoms with Crippen molar-refractivity contribution < 1.29 is 9.58 Å². The Morgan fingerprint density at radius 2 is 1.90 bits per heavy atom. The minimum Gasteiger partial charge on any atom is -0.361 e. The third kappa shape index (κ3) is 1.52. The van der Waals surface area contributed by atoms with Gasteiger partial charge in [0.25, 0.3) is 0 Å². The van der Waals surface area contributed by atoms with Crippen LogP contribution in [0, 0.1) is 0 Å². The maximum absolute atomic E-state index is 11.0. The predicted molar refractivity (Wildman–Crippen MR) is 36.7 cm³/mol. The van der Waals surface area contributed by atoms with Gasteiger partial charge in [0.1, 0.15) is 0 Å². The molecule has 0 aliphatic heterocycles. The van der Waals surface area contributed by atoms with Gasteiger partial charge in [0.05, 0.1) is 6.42 Å². The molecule has 0 aromatic carbocycles. The molecule has 10 heavy (non-hydrogen) atoms. The van der Waals surface area contributed by atoms with Gasteiger partial charge < -0.3 is 5.53 Å². The van der Waals surface area contributed by atoms with E-state index < -0.39 is 0 Å². The standard InChI is InChI=1S/C7H10N2O/c8-9-6-4-2-1-3-5-7(6)10/h1-5H2. The lowest BCUT2D eigenvalue weighted by Gasteiger charge is -1.84. The van der Waals surface area contributed by atoms with Crippen LogP contribution in [-0.2, 0) is 4.79 Å². The quantitative estimate of drug-likeness (QED) is 0.282. The molecule has 1 aliphatic rings. The van der Waals surface area contributed by atoms with Crippen molar-refractivity contribution in [2.24, 2.45) is 0 Å². The summed E-state index contributed by atoms with van der Waals surface area (Å²) in [6.45, 7) is 0. The summed E-state index contributed by atoms with van der Waals surface area (Å²) in [5.74, 6) is 0.0139. The molecule has 54 valence electrons. The number of rotatable bonds is 0. The highest BCUT2D eigenvalue weighted by Gasteiger charge is 2.21. The maximum Gasteiger partial charge on any atom is 0.334 e. The van der Waals surface area contributed by atoms with Gasteiger partial charge in [0, 0.05) is 6.42 Å². The van der Waals surface area contributed by atoms with E-state index in [0.717, 1.165) is 19.3 Å². The van der Waals surface area contributed by atoms with Gasteiger partial charge in [0.15, 0.2) is 0 Å². The van der Waals surface area contributed by atoms with Crippen molar-refractivity contribution in [2.45, 2.75) is 32.1 Å². The van der Waals surface area contributed by atoms with Crippen LogP contribution in [0.3, 0.4) is 0 Å². The Bertz CT molecular complexity index is 192. The van der Waals surface area contributed by atoms with Gasteiger partial charge in [-0.25, -0.2) is 0 Å². The molecule has 0 amide bonds. The minimum absolute atomic E-state index is 0.0139. The smallest absolute Gasteiger partial charge is 0.334 e. The molecule has 0 spiro atoms. The van der Waals surface area contributed by atoms with E-state index >= 15 is 0 Å². The Balaban J connectivity index is 2.70. The molecule has 0 saturated heterocycles. The van der Waals surface area contributed by atoms with Gasteiger partial charge in [-0.3, -0.25) is 4.79 Å². The molecule has 1 saturated carbocycles. The van der Waals surface area contributed by atoms with E-state index in [1.807, 2.05) is 0 Å². The summed E-state index contributed by atoms with van der Waals surface area (Å²) in [7, 11) is 0. The number of hydrogen-bond acceptors (Lipinski definition) is 1. The Labute approximate surface area is 59.7 Å². The number of carbonyl (C=O) groups excluding carboxylic acids is 1. The van der Waals surface area contributed by atoms with E-state index in [2.05, 4.69) is 4.79 Å². The van der Waals surface area contributed by atoms with Gasteiger partial charge in [-0.1, -0.05) is 6.42 Å². The monoisotopic (exact) mass is 138 g/mol. The molecule has 0 unspecified atom stereocenters. The first-order valence-electron chi connectivity index (χ1n) is 3.58. The fourth-order valence-corrected chi connectivity index (χ4v) is 1.14. The van der Waals surface area contributed by atoms with Crippen LogP contribution >= 0.6 is 0 Å². The molecule has 1 rings (SSSR count). The zero-order chi connectivity index (χ0) is 7.40. The van der Waals surface area contributed by atoms with Crippen LogP contribution in [0.4, 0.5) is 0 Å². The second kappa shape index (κ2) is 3.28. The summed E-state index contributed by atoms with van der Waals surface area (Å²) in [4.78, 5) is 13.9. The predicted octanol–water partition coefficient (Wildman–Crippen LogP) is 1.19. The normalized spacial score (nSPS) is 20.0. The van der Waals surface area contributed by atoms with Crippen LogP contribution in [0.5, 0.6) is 0 Å². The van der Waals surface area contributed by atoms with Gasteiger partial charge in [-0.05, 0) is 12.8 Å². The fraction of sp³-hybridized carbons (Fsp3) is 0.714. The van der Waals surface area contributed by atoms with E-state index in [9.17, 15) is 4.79 Å². The van der Waals surface area contributed by atoms with Crippen LogP contribution in [0.2, 0.25) is 0 Å². The van der Waals surface area contributed by atoms with E-state index in [4.69, 9.17) is 5.53 Å². The first kappa shape index (κ1) is 7.16. The van der Waals surface area contributed by atoms with Gasteiger partial charge in [-0.15, -0.1) is 0 Å². The Kier molecular flexibility index (Phi) is 2.35. The Morgan fingerprint density at radius 3 is 2.60 bits per heavy atom. The fourth-order valence-electron chi connectivity index (χ4n) is 1.14. The molecule has 1 aliphatic carbocycles. The molecule has 0 heterocycles. The molecule has 3 heteroatoms. The molecule has 3 nitrogen and oxygen atoms in total. The summed E-state index contributed by atoms with van der Waals surface area (Å²) in [5.41, 5.74) is 8.71. The highest BCUT2D eigenvalue weighted by molar-refractivity contribution is 6.37. The van der Waals surface area contributed by atoms with Crippen molar-refractivity contribution in [1.29, 1.82) is 0 Å². The molecule has 0 radical (unpaired) electrons. The highest BCUT2D eigenvalue weighted by atomic mass is 16.1. The zero-order valence-corrected chi connectivity index (χ0v) is 5.84. The summed E-state index contributed by atoms with van der Waals surface area (Å²) < 4.78 is 0. The molecule has 0 aromatic rings. The number of carbonyl (C=O) groups is 1. The lowest BCUT2D eigenvalue weighted by molar-refractivity contribution is -0.117. The molecular formula is C7H10N2O. The lowest BCUT2D eigenvalue weighted by Crippen LogP contribution is -2.11. The topological polar surface area (TPSA) is 53.5 Å². The van der Waals surface area contributed by atoms with Gasteiger partial charge in [-0.2, -0.15) is 4.79 Å². The molecule has 1 fully saturated rings. The van der Waals surface area contributed by atoms with Crippen LogP contribution in [0.25, 0.3) is 5.53 Å². The van der Waals surface area contributed by atoms with Crippen molar-refractivity contribution in [1.82, 2.24) is 0 Å². The maximum atomic E-state index is 11.0. The minimum atomic E-state index is 0.0139. The Hall–Kier alpha value is -0.950. The zero-order valence-electron chi connectivity index (χ0n) is 5.84. The average molecular weight is 138 g/mol. The number of nitrogens with zero attached hydrogens (tertiary/aromatic N) is 2. The van der Waals surface area contributed by atoms with Crippen LogP contribution < -0.4 is 0 Å². The van der Waals surface area contributed by atoms with E-state index in [0.29, 0.717) is 18.6 Å². The van der Waals surface area contributed by atoms with E-state index in [1.165, 1.54) is 0 Å². The molecule has 0 N–H and O–H groups in total. The number of hydrogen-bond donors (Lipinski definition) is 0. The van der Waals surface area contributed by atoms with E-state index in [-0.39, 0.29) is 5.78 Å². The van der Waals surface area contributed by atoms with Crippen molar-refractivity contribution in [3.05, 3.63) is 5.53 Å². The lowest BCUT2D eigenvalue weighted by atomic mass is 10.1. The van der Waals surface area contributed by atoms with Crippen LogP contribution in [-0.4, -0.2) is 16.3 Å². The molecular weight excluding hydrogens is 128 g/mol. The highest BCUT2D eigenvalue weighted by Crippen LogP contribution is 2.10.